The predicted octanol–water partition coefficient (Wildman–Crippen LogP) is 5.39. The van der Waals surface area contributed by atoms with Gasteiger partial charge in [0.15, 0.2) is 0 Å². The van der Waals surface area contributed by atoms with E-state index in [2.05, 4.69) is 10.6 Å². The zero-order valence-corrected chi connectivity index (χ0v) is 17.5. The largest absolute Gasteiger partial charge is 0.348 e. The van der Waals surface area contributed by atoms with Crippen LogP contribution in [0.15, 0.2) is 83.8 Å². The Morgan fingerprint density at radius 2 is 1.59 bits per heavy atom. The Kier molecular flexibility index (Phi) is 7.33. The number of carbonyl (C=O) groups is 2. The summed E-state index contributed by atoms with van der Waals surface area (Å²) in [6, 6.07) is 24.0. The zero-order chi connectivity index (χ0) is 20.6. The number of amides is 2. The van der Waals surface area contributed by atoms with E-state index in [1.165, 1.54) is 11.8 Å². The molecule has 0 aromatic heterocycles. The van der Waals surface area contributed by atoms with Gasteiger partial charge in [-0.3, -0.25) is 9.59 Å². The van der Waals surface area contributed by atoms with Crippen molar-refractivity contribution in [2.75, 3.05) is 5.32 Å². The number of para-hydroxylation sites is 1. The van der Waals surface area contributed by atoms with Crippen LogP contribution in [0.1, 0.15) is 22.8 Å². The molecule has 0 saturated heterocycles. The van der Waals surface area contributed by atoms with Crippen molar-refractivity contribution in [2.24, 2.45) is 0 Å². The van der Waals surface area contributed by atoms with Gasteiger partial charge < -0.3 is 10.6 Å². The summed E-state index contributed by atoms with van der Waals surface area (Å²) in [5.41, 5.74) is 1.93. The van der Waals surface area contributed by atoms with Gasteiger partial charge in [-0.2, -0.15) is 0 Å². The maximum atomic E-state index is 12.6. The molecule has 0 fully saturated rings. The van der Waals surface area contributed by atoms with E-state index in [4.69, 9.17) is 11.6 Å². The minimum atomic E-state index is -0.336. The molecule has 0 aliphatic heterocycles. The van der Waals surface area contributed by atoms with Crippen molar-refractivity contribution in [1.29, 1.82) is 0 Å². The number of thioether (sulfide) groups is 1. The lowest BCUT2D eigenvalue weighted by molar-refractivity contribution is -0.115. The van der Waals surface area contributed by atoms with Crippen LogP contribution in [0.3, 0.4) is 0 Å². The summed E-state index contributed by atoms with van der Waals surface area (Å²) < 4.78 is 0. The molecule has 3 aromatic rings. The zero-order valence-electron chi connectivity index (χ0n) is 15.9. The van der Waals surface area contributed by atoms with Crippen LogP contribution in [-0.2, 0) is 11.3 Å². The van der Waals surface area contributed by atoms with Crippen LogP contribution < -0.4 is 10.6 Å². The minimum absolute atomic E-state index is 0.173. The van der Waals surface area contributed by atoms with Gasteiger partial charge in [0.05, 0.1) is 16.5 Å². The predicted molar refractivity (Wildman–Crippen MR) is 119 cm³/mol. The highest BCUT2D eigenvalue weighted by Crippen LogP contribution is 2.26. The van der Waals surface area contributed by atoms with Crippen LogP contribution in [0.5, 0.6) is 0 Å². The van der Waals surface area contributed by atoms with Crippen LogP contribution in [0.25, 0.3) is 0 Å². The first-order valence-electron chi connectivity index (χ1n) is 9.17. The SMILES string of the molecule is C[C@H](Sc1ccc(Cl)cc1)C(=O)Nc1ccccc1C(=O)NCc1ccccc1. The Morgan fingerprint density at radius 1 is 0.931 bits per heavy atom. The lowest BCUT2D eigenvalue weighted by atomic mass is 10.1. The molecular formula is C23H21ClN2O2S. The van der Waals surface area contributed by atoms with E-state index in [0.717, 1.165) is 10.5 Å². The topological polar surface area (TPSA) is 58.2 Å². The standard InChI is InChI=1S/C23H21ClN2O2S/c1-16(29-19-13-11-18(24)12-14-19)22(27)26-21-10-6-5-9-20(21)23(28)25-15-17-7-3-2-4-8-17/h2-14,16H,15H2,1H3,(H,25,28)(H,26,27)/t16-/m0/s1. The van der Waals surface area contributed by atoms with E-state index < -0.39 is 0 Å². The molecule has 148 valence electrons. The fourth-order valence-electron chi connectivity index (χ4n) is 2.67. The molecule has 0 spiro atoms. The van der Waals surface area contributed by atoms with Gasteiger partial charge in [0, 0.05) is 16.5 Å². The smallest absolute Gasteiger partial charge is 0.253 e. The maximum absolute atomic E-state index is 12.6. The van der Waals surface area contributed by atoms with Gasteiger partial charge in [-0.05, 0) is 48.9 Å². The van der Waals surface area contributed by atoms with Crippen molar-refractivity contribution in [3.8, 4) is 0 Å². The Labute approximate surface area is 179 Å². The molecule has 3 aromatic carbocycles. The summed E-state index contributed by atoms with van der Waals surface area (Å²) in [7, 11) is 0. The Balaban J connectivity index is 1.63. The molecule has 0 unspecified atom stereocenters. The third kappa shape index (κ3) is 6.11. The number of halogens is 1. The van der Waals surface area contributed by atoms with Crippen LogP contribution in [0, 0.1) is 0 Å². The Morgan fingerprint density at radius 3 is 2.31 bits per heavy atom. The summed E-state index contributed by atoms with van der Waals surface area (Å²) in [4.78, 5) is 26.2. The molecular weight excluding hydrogens is 404 g/mol. The number of benzene rings is 3. The van der Waals surface area contributed by atoms with Crippen LogP contribution in [-0.4, -0.2) is 17.1 Å². The van der Waals surface area contributed by atoms with E-state index in [1.807, 2.05) is 49.4 Å². The van der Waals surface area contributed by atoms with Crippen molar-refractivity contribution in [3.05, 3.63) is 95.0 Å². The van der Waals surface area contributed by atoms with E-state index in [-0.39, 0.29) is 17.1 Å². The van der Waals surface area contributed by atoms with Gasteiger partial charge in [0.2, 0.25) is 5.91 Å². The van der Waals surface area contributed by atoms with E-state index in [1.54, 1.807) is 36.4 Å². The van der Waals surface area contributed by atoms with Gasteiger partial charge >= 0.3 is 0 Å². The minimum Gasteiger partial charge on any atom is -0.348 e. The molecule has 2 amide bonds. The molecule has 0 aliphatic rings. The average molecular weight is 425 g/mol. The Bertz CT molecular complexity index is 978. The second kappa shape index (κ2) is 10.1. The molecule has 1 atom stereocenters. The highest BCUT2D eigenvalue weighted by atomic mass is 35.5. The number of anilines is 1. The highest BCUT2D eigenvalue weighted by Gasteiger charge is 2.18. The van der Waals surface area contributed by atoms with Gasteiger partial charge in [-0.1, -0.05) is 54.1 Å². The van der Waals surface area contributed by atoms with Gasteiger partial charge in [0.1, 0.15) is 0 Å². The summed E-state index contributed by atoms with van der Waals surface area (Å²) >= 11 is 7.33. The lowest BCUT2D eigenvalue weighted by Crippen LogP contribution is -2.27. The molecule has 2 N–H and O–H groups in total. The first-order valence-corrected chi connectivity index (χ1v) is 10.4. The van der Waals surface area contributed by atoms with Crippen molar-refractivity contribution in [1.82, 2.24) is 5.32 Å². The molecule has 0 radical (unpaired) electrons. The fraction of sp³-hybridized carbons (Fsp3) is 0.130. The molecule has 0 saturated carbocycles. The molecule has 0 bridgehead atoms. The summed E-state index contributed by atoms with van der Waals surface area (Å²) in [6.07, 6.45) is 0. The van der Waals surface area contributed by atoms with Crippen LogP contribution in [0.4, 0.5) is 5.69 Å². The second-order valence-electron chi connectivity index (χ2n) is 6.42. The number of carbonyl (C=O) groups excluding carboxylic acids is 2. The van der Waals surface area contributed by atoms with Gasteiger partial charge in [-0.25, -0.2) is 0 Å². The third-order valence-electron chi connectivity index (χ3n) is 4.22. The van der Waals surface area contributed by atoms with Crippen molar-refractivity contribution in [3.63, 3.8) is 0 Å². The lowest BCUT2D eigenvalue weighted by Gasteiger charge is -2.15. The van der Waals surface area contributed by atoms with Crippen molar-refractivity contribution in [2.45, 2.75) is 23.6 Å². The summed E-state index contributed by atoms with van der Waals surface area (Å²) in [6.45, 7) is 2.25. The molecule has 4 nitrogen and oxygen atoms in total. The molecule has 6 heteroatoms. The van der Waals surface area contributed by atoms with Gasteiger partial charge in [0.25, 0.3) is 5.91 Å². The molecule has 29 heavy (non-hydrogen) atoms. The van der Waals surface area contributed by atoms with Gasteiger partial charge in [-0.15, -0.1) is 11.8 Å². The monoisotopic (exact) mass is 424 g/mol. The van der Waals surface area contributed by atoms with E-state index >= 15 is 0 Å². The highest BCUT2D eigenvalue weighted by molar-refractivity contribution is 8.00. The third-order valence-corrected chi connectivity index (χ3v) is 5.59. The number of nitrogens with one attached hydrogen (secondary N) is 2. The normalized spacial score (nSPS) is 11.5. The number of rotatable bonds is 7. The van der Waals surface area contributed by atoms with Crippen LogP contribution in [0.2, 0.25) is 5.02 Å². The maximum Gasteiger partial charge on any atom is 0.253 e. The quantitative estimate of drug-likeness (QED) is 0.500. The van der Waals surface area contributed by atoms with Crippen molar-refractivity contribution < 1.29 is 9.59 Å². The summed E-state index contributed by atoms with van der Waals surface area (Å²) in [5, 5.41) is 6.09. The number of hydrogen-bond acceptors (Lipinski definition) is 3. The Hall–Kier alpha value is -2.76. The first kappa shape index (κ1) is 21.0. The second-order valence-corrected chi connectivity index (χ2v) is 8.27. The number of hydrogen-bond donors (Lipinski definition) is 2. The van der Waals surface area contributed by atoms with E-state index in [9.17, 15) is 9.59 Å². The molecule has 0 aliphatic carbocycles. The van der Waals surface area contributed by atoms with Crippen LogP contribution >= 0.6 is 23.4 Å². The van der Waals surface area contributed by atoms with E-state index in [0.29, 0.717) is 22.8 Å². The average Bonchev–Trinajstić information content (AvgIpc) is 2.74. The fourth-order valence-corrected chi connectivity index (χ4v) is 3.66. The summed E-state index contributed by atoms with van der Waals surface area (Å²) in [5.74, 6) is -0.406. The molecule has 3 rings (SSSR count). The first-order chi connectivity index (χ1) is 14.0. The van der Waals surface area contributed by atoms with Crippen molar-refractivity contribution >= 4 is 40.9 Å². The molecule has 0 heterocycles.